The third-order valence-electron chi connectivity index (χ3n) is 15.6. The molecule has 3 aliphatic rings. The summed E-state index contributed by atoms with van der Waals surface area (Å²) in [5, 5.41) is 2.53. The van der Waals surface area contributed by atoms with E-state index >= 15 is 0 Å². The minimum Gasteiger partial charge on any atom is -0.310 e. The van der Waals surface area contributed by atoms with Gasteiger partial charge in [0.05, 0.1) is 16.7 Å². The summed E-state index contributed by atoms with van der Waals surface area (Å²) in [5.74, 6) is 0. The Morgan fingerprint density at radius 2 is 0.738 bits per heavy atom. The molecule has 0 spiro atoms. The number of nitrogens with zero attached hydrogens (tertiary/aromatic N) is 2. The maximum absolute atomic E-state index is 2.57. The number of hydrogen-bond donors (Lipinski definition) is 0. The number of aromatic nitrogens is 1. The molecule has 13 rings (SSSR count). The van der Waals surface area contributed by atoms with Gasteiger partial charge in [0, 0.05) is 49.6 Å². The second kappa shape index (κ2) is 13.3. The second-order valence-electron chi connectivity index (χ2n) is 20.1. The molecule has 0 fully saturated rings. The first kappa shape index (κ1) is 38.1. The molecule has 0 unspecified atom stereocenters. The topological polar surface area (TPSA) is 8.17 Å². The highest BCUT2D eigenvalue weighted by molar-refractivity contribution is 6.10. The summed E-state index contributed by atoms with van der Waals surface area (Å²) in [6.45, 7) is 14.4. The van der Waals surface area contributed by atoms with E-state index in [9.17, 15) is 0 Å². The van der Waals surface area contributed by atoms with E-state index in [0.29, 0.717) is 0 Å². The smallest absolute Gasteiger partial charge is 0.0587 e. The molecule has 0 amide bonds. The first-order chi connectivity index (χ1) is 31.5. The van der Waals surface area contributed by atoms with Crippen LogP contribution in [0.3, 0.4) is 0 Å². The number of hydrogen-bond acceptors (Lipinski definition) is 1. The Morgan fingerprint density at radius 3 is 1.29 bits per heavy atom. The van der Waals surface area contributed by atoms with Crippen LogP contribution in [0.1, 0.15) is 74.9 Å². The van der Waals surface area contributed by atoms with Gasteiger partial charge in [-0.3, -0.25) is 0 Å². The summed E-state index contributed by atoms with van der Waals surface area (Å²) >= 11 is 0. The van der Waals surface area contributed by atoms with Gasteiger partial charge in [0.2, 0.25) is 0 Å². The molecule has 65 heavy (non-hydrogen) atoms. The van der Waals surface area contributed by atoms with E-state index in [1.54, 1.807) is 0 Å². The van der Waals surface area contributed by atoms with Crippen molar-refractivity contribution in [1.82, 2.24) is 4.57 Å². The molecule has 2 nitrogen and oxygen atoms in total. The molecule has 0 radical (unpaired) electrons. The summed E-state index contributed by atoms with van der Waals surface area (Å²) < 4.78 is 2.57. The van der Waals surface area contributed by atoms with Gasteiger partial charge in [-0.05, 0) is 121 Å². The SMILES string of the molecule is CC1(C)c2ccccc2-c2ccc(N(c3cccc(-c4ccc5c(c4-n4c6ccccc6c6ccccc64)C(C)(C)c4ccccc4-5)c3)c3ccc4c(c3)C(C)(C)c3ccccc3-4)cc21. The zero-order valence-corrected chi connectivity index (χ0v) is 37.9. The predicted molar refractivity (Wildman–Crippen MR) is 274 cm³/mol. The minimum absolute atomic E-state index is 0.136. The Kier molecular flexibility index (Phi) is 7.80. The number of benzene rings is 9. The monoisotopic (exact) mass is 834 g/mol. The van der Waals surface area contributed by atoms with Crippen LogP contribution in [-0.2, 0) is 16.2 Å². The number of para-hydroxylation sites is 2. The Morgan fingerprint density at radius 1 is 0.323 bits per heavy atom. The average Bonchev–Trinajstić information content (AvgIpc) is 3.95. The Labute approximate surface area is 382 Å². The van der Waals surface area contributed by atoms with Gasteiger partial charge in [0.25, 0.3) is 0 Å². The lowest BCUT2D eigenvalue weighted by Crippen LogP contribution is -2.19. The molecule has 0 saturated carbocycles. The standard InChI is InChI=1S/C63H50N2/c1-61(2)52-25-12-7-20-44(52)47-32-30-41(37-55(47)61)64(42-31-33-48-45-21-8-13-26-53(45)62(3,4)56(48)38-42)40-19-17-18-39(36-40)43-34-35-51-46-22-9-14-27-54(46)63(5,6)59(51)60(43)65-57-28-15-10-23-49(57)50-24-11-16-29-58(50)65/h7-38H,1-6H3. The van der Waals surface area contributed by atoms with Crippen LogP contribution < -0.4 is 4.90 Å². The van der Waals surface area contributed by atoms with Crippen LogP contribution in [0.5, 0.6) is 0 Å². The molecule has 9 aromatic carbocycles. The highest BCUT2D eigenvalue weighted by Gasteiger charge is 2.41. The van der Waals surface area contributed by atoms with Crippen molar-refractivity contribution in [3.05, 3.63) is 228 Å². The van der Waals surface area contributed by atoms with Crippen molar-refractivity contribution in [2.75, 3.05) is 4.90 Å². The normalized spacial score (nSPS) is 15.3. The Balaban J connectivity index is 1.06. The highest BCUT2D eigenvalue weighted by atomic mass is 15.1. The van der Waals surface area contributed by atoms with Crippen molar-refractivity contribution >= 4 is 38.9 Å². The summed E-state index contributed by atoms with van der Waals surface area (Å²) in [7, 11) is 0. The predicted octanol–water partition coefficient (Wildman–Crippen LogP) is 16.8. The van der Waals surface area contributed by atoms with Crippen LogP contribution in [0.25, 0.3) is 72.0 Å². The van der Waals surface area contributed by atoms with Gasteiger partial charge >= 0.3 is 0 Å². The van der Waals surface area contributed by atoms with Crippen LogP contribution in [0.15, 0.2) is 194 Å². The fourth-order valence-electron chi connectivity index (χ4n) is 12.4. The average molecular weight is 835 g/mol. The van der Waals surface area contributed by atoms with Crippen molar-refractivity contribution < 1.29 is 0 Å². The number of rotatable bonds is 5. The molecule has 0 N–H and O–H groups in total. The molecular formula is C63H50N2. The third-order valence-corrected chi connectivity index (χ3v) is 15.6. The second-order valence-corrected chi connectivity index (χ2v) is 20.1. The van der Waals surface area contributed by atoms with Crippen LogP contribution in [0.4, 0.5) is 17.1 Å². The lowest BCUT2D eigenvalue weighted by Gasteiger charge is -2.30. The lowest BCUT2D eigenvalue weighted by atomic mass is 9.80. The maximum Gasteiger partial charge on any atom is 0.0587 e. The fourth-order valence-corrected chi connectivity index (χ4v) is 12.4. The van der Waals surface area contributed by atoms with Crippen molar-refractivity contribution in [3.8, 4) is 50.2 Å². The van der Waals surface area contributed by atoms with Gasteiger partial charge < -0.3 is 9.47 Å². The van der Waals surface area contributed by atoms with E-state index in [2.05, 4.69) is 245 Å². The van der Waals surface area contributed by atoms with Crippen molar-refractivity contribution in [2.45, 2.75) is 57.8 Å². The summed E-state index contributed by atoms with van der Waals surface area (Å²) in [5.41, 5.74) is 25.2. The Hall–Kier alpha value is -7.42. The molecule has 10 aromatic rings. The summed E-state index contributed by atoms with van der Waals surface area (Å²) in [6, 6.07) is 73.2. The molecule has 1 heterocycles. The Bertz CT molecular complexity index is 3490. The molecule has 0 aliphatic heterocycles. The van der Waals surface area contributed by atoms with Crippen LogP contribution in [0, 0.1) is 0 Å². The van der Waals surface area contributed by atoms with E-state index in [4.69, 9.17) is 0 Å². The molecule has 1 aromatic heterocycles. The molecule has 2 heteroatoms. The number of anilines is 3. The quantitative estimate of drug-likeness (QED) is 0.168. The first-order valence-electron chi connectivity index (χ1n) is 23.2. The van der Waals surface area contributed by atoms with Crippen LogP contribution >= 0.6 is 0 Å². The maximum atomic E-state index is 2.57. The zero-order valence-electron chi connectivity index (χ0n) is 37.9. The van der Waals surface area contributed by atoms with Gasteiger partial charge in [0.1, 0.15) is 0 Å². The molecule has 312 valence electrons. The summed E-state index contributed by atoms with van der Waals surface area (Å²) in [4.78, 5) is 2.51. The molecule has 0 bridgehead atoms. The van der Waals surface area contributed by atoms with E-state index < -0.39 is 0 Å². The molecule has 3 aliphatic carbocycles. The van der Waals surface area contributed by atoms with Crippen molar-refractivity contribution in [1.29, 1.82) is 0 Å². The van der Waals surface area contributed by atoms with E-state index in [1.165, 1.54) is 105 Å². The number of fused-ring (bicyclic) bond motifs is 12. The van der Waals surface area contributed by atoms with E-state index in [0.717, 1.165) is 17.1 Å². The highest BCUT2D eigenvalue weighted by Crippen LogP contribution is 2.56. The third kappa shape index (κ3) is 5.17. The van der Waals surface area contributed by atoms with Crippen molar-refractivity contribution in [3.63, 3.8) is 0 Å². The van der Waals surface area contributed by atoms with Crippen LogP contribution in [0.2, 0.25) is 0 Å². The van der Waals surface area contributed by atoms with Crippen molar-refractivity contribution in [2.24, 2.45) is 0 Å². The molecular weight excluding hydrogens is 785 g/mol. The van der Waals surface area contributed by atoms with Gasteiger partial charge in [-0.2, -0.15) is 0 Å². The van der Waals surface area contributed by atoms with E-state index in [-0.39, 0.29) is 16.2 Å². The summed E-state index contributed by atoms with van der Waals surface area (Å²) in [6.07, 6.45) is 0. The first-order valence-corrected chi connectivity index (χ1v) is 23.2. The van der Waals surface area contributed by atoms with Gasteiger partial charge in [0.15, 0.2) is 0 Å². The van der Waals surface area contributed by atoms with Gasteiger partial charge in [-0.25, -0.2) is 0 Å². The lowest BCUT2D eigenvalue weighted by molar-refractivity contribution is 0.657. The molecule has 0 saturated heterocycles. The van der Waals surface area contributed by atoms with Gasteiger partial charge in [-0.1, -0.05) is 187 Å². The largest absolute Gasteiger partial charge is 0.310 e. The molecule has 0 atom stereocenters. The minimum atomic E-state index is -0.239. The van der Waals surface area contributed by atoms with Crippen LogP contribution in [-0.4, -0.2) is 4.57 Å². The van der Waals surface area contributed by atoms with E-state index in [1.807, 2.05) is 0 Å². The fraction of sp³-hybridized carbons (Fsp3) is 0.143. The van der Waals surface area contributed by atoms with Gasteiger partial charge in [-0.15, -0.1) is 0 Å². The zero-order chi connectivity index (χ0) is 44.0.